The minimum atomic E-state index is -3.81. The van der Waals surface area contributed by atoms with Crippen molar-refractivity contribution in [1.82, 2.24) is 4.90 Å². The molecule has 1 saturated heterocycles. The molecule has 1 amide bonds. The highest BCUT2D eigenvalue weighted by molar-refractivity contribution is 7.89. The first kappa shape index (κ1) is 11.3. The SMILES string of the molecule is NS(=O)(=O)C1CC(=O)N(CC(F)F)C1. The summed E-state index contributed by atoms with van der Waals surface area (Å²) in [4.78, 5) is 11.9. The summed E-state index contributed by atoms with van der Waals surface area (Å²) in [6.07, 6.45) is -2.95. The summed E-state index contributed by atoms with van der Waals surface area (Å²) in [6, 6.07) is 0. The number of hydrogen-bond acceptors (Lipinski definition) is 3. The molecular weight excluding hydrogens is 218 g/mol. The third-order valence-corrected chi connectivity index (χ3v) is 3.25. The molecule has 0 radical (unpaired) electrons. The van der Waals surface area contributed by atoms with Crippen LogP contribution in [0.15, 0.2) is 0 Å². The van der Waals surface area contributed by atoms with E-state index >= 15 is 0 Å². The maximum atomic E-state index is 11.9. The van der Waals surface area contributed by atoms with Crippen LogP contribution in [0.5, 0.6) is 0 Å². The molecule has 1 rings (SSSR count). The molecule has 0 bridgehead atoms. The van der Waals surface area contributed by atoms with E-state index in [0.29, 0.717) is 0 Å². The lowest BCUT2D eigenvalue weighted by atomic mass is 10.4. The molecular formula is C6H10F2N2O3S. The van der Waals surface area contributed by atoms with Crippen LogP contribution in [0.2, 0.25) is 0 Å². The van der Waals surface area contributed by atoms with Gasteiger partial charge in [-0.3, -0.25) is 4.79 Å². The van der Waals surface area contributed by atoms with Crippen LogP contribution in [-0.4, -0.2) is 44.0 Å². The molecule has 8 heteroatoms. The van der Waals surface area contributed by atoms with Gasteiger partial charge in [-0.1, -0.05) is 0 Å². The Morgan fingerprint density at radius 3 is 2.50 bits per heavy atom. The van der Waals surface area contributed by atoms with E-state index in [-0.39, 0.29) is 13.0 Å². The Morgan fingerprint density at radius 1 is 1.57 bits per heavy atom. The van der Waals surface area contributed by atoms with Crippen LogP contribution in [0.25, 0.3) is 0 Å². The van der Waals surface area contributed by atoms with Gasteiger partial charge in [0, 0.05) is 13.0 Å². The van der Waals surface area contributed by atoms with Crippen molar-refractivity contribution in [2.24, 2.45) is 5.14 Å². The molecule has 2 N–H and O–H groups in total. The first-order valence-electron chi connectivity index (χ1n) is 3.88. The standard InChI is InChI=1S/C6H10F2N2O3S/c7-5(8)3-10-2-4(1-6(10)11)14(9,12)13/h4-5H,1-3H2,(H2,9,12,13). The predicted octanol–water partition coefficient (Wildman–Crippen LogP) is -0.859. The Labute approximate surface area is 79.9 Å². The number of sulfonamides is 1. The molecule has 0 spiro atoms. The molecule has 14 heavy (non-hydrogen) atoms. The zero-order valence-electron chi connectivity index (χ0n) is 7.19. The molecule has 0 aliphatic carbocycles. The summed E-state index contributed by atoms with van der Waals surface area (Å²) >= 11 is 0. The van der Waals surface area contributed by atoms with Crippen LogP contribution in [-0.2, 0) is 14.8 Å². The van der Waals surface area contributed by atoms with Crippen molar-refractivity contribution in [3.63, 3.8) is 0 Å². The van der Waals surface area contributed by atoms with Gasteiger partial charge in [0.2, 0.25) is 15.9 Å². The van der Waals surface area contributed by atoms with E-state index < -0.39 is 34.2 Å². The second-order valence-corrected chi connectivity index (χ2v) is 4.95. The van der Waals surface area contributed by atoms with Crippen molar-refractivity contribution in [3.05, 3.63) is 0 Å². The topological polar surface area (TPSA) is 80.5 Å². The molecule has 1 atom stereocenters. The van der Waals surface area contributed by atoms with E-state index in [0.717, 1.165) is 4.90 Å². The minimum Gasteiger partial charge on any atom is -0.336 e. The molecule has 82 valence electrons. The van der Waals surface area contributed by atoms with Gasteiger partial charge in [0.05, 0.1) is 6.54 Å². The Hall–Kier alpha value is -0.760. The number of hydrogen-bond donors (Lipinski definition) is 1. The van der Waals surface area contributed by atoms with Crippen LogP contribution < -0.4 is 5.14 Å². The fourth-order valence-electron chi connectivity index (χ4n) is 1.30. The van der Waals surface area contributed by atoms with Crippen molar-refractivity contribution in [1.29, 1.82) is 0 Å². The third-order valence-electron chi connectivity index (χ3n) is 2.00. The molecule has 1 fully saturated rings. The Kier molecular flexibility index (Phi) is 3.05. The second kappa shape index (κ2) is 3.77. The van der Waals surface area contributed by atoms with Crippen LogP contribution in [0.1, 0.15) is 6.42 Å². The van der Waals surface area contributed by atoms with E-state index in [4.69, 9.17) is 5.14 Å². The van der Waals surface area contributed by atoms with Gasteiger partial charge in [0.1, 0.15) is 5.25 Å². The molecule has 0 aromatic heterocycles. The normalized spacial score (nSPS) is 23.6. The van der Waals surface area contributed by atoms with Gasteiger partial charge in [-0.05, 0) is 0 Å². The number of amides is 1. The molecule has 0 aromatic rings. The van der Waals surface area contributed by atoms with Crippen molar-refractivity contribution in [2.45, 2.75) is 18.1 Å². The highest BCUT2D eigenvalue weighted by atomic mass is 32.2. The molecule has 5 nitrogen and oxygen atoms in total. The first-order valence-corrected chi connectivity index (χ1v) is 5.49. The maximum Gasteiger partial charge on any atom is 0.255 e. The van der Waals surface area contributed by atoms with Crippen LogP contribution in [0, 0.1) is 0 Å². The zero-order valence-corrected chi connectivity index (χ0v) is 8.01. The number of halogens is 2. The average Bonchev–Trinajstić information content (AvgIpc) is 2.30. The van der Waals surface area contributed by atoms with Crippen LogP contribution in [0.4, 0.5) is 8.78 Å². The minimum absolute atomic E-state index is 0.234. The lowest BCUT2D eigenvalue weighted by Gasteiger charge is -2.14. The Balaban J connectivity index is 2.65. The molecule has 1 unspecified atom stereocenters. The summed E-state index contributed by atoms with van der Waals surface area (Å²) in [5.74, 6) is -0.593. The number of alkyl halides is 2. The van der Waals surface area contributed by atoms with E-state index in [2.05, 4.69) is 0 Å². The highest BCUT2D eigenvalue weighted by Gasteiger charge is 2.37. The number of nitrogens with zero attached hydrogens (tertiary/aromatic N) is 1. The third kappa shape index (κ3) is 2.61. The van der Waals surface area contributed by atoms with Gasteiger partial charge in [-0.2, -0.15) is 0 Å². The summed E-state index contributed by atoms with van der Waals surface area (Å²) < 4.78 is 45.5. The number of carbonyl (C=O) groups excluding carboxylic acids is 1. The molecule has 0 saturated carbocycles. The molecule has 1 aliphatic heterocycles. The Bertz CT molecular complexity index is 330. The number of nitrogens with two attached hydrogens (primary N) is 1. The van der Waals surface area contributed by atoms with Crippen molar-refractivity contribution < 1.29 is 22.0 Å². The second-order valence-electron chi connectivity index (χ2n) is 3.10. The van der Waals surface area contributed by atoms with E-state index in [1.807, 2.05) is 0 Å². The zero-order chi connectivity index (χ0) is 10.9. The first-order chi connectivity index (χ1) is 6.30. The maximum absolute atomic E-state index is 11.9. The van der Waals surface area contributed by atoms with Gasteiger partial charge in [-0.25, -0.2) is 22.3 Å². The van der Waals surface area contributed by atoms with Gasteiger partial charge in [0.15, 0.2) is 0 Å². The van der Waals surface area contributed by atoms with Gasteiger partial charge in [-0.15, -0.1) is 0 Å². The number of rotatable bonds is 3. The smallest absolute Gasteiger partial charge is 0.255 e. The lowest BCUT2D eigenvalue weighted by molar-refractivity contribution is -0.129. The van der Waals surface area contributed by atoms with Crippen molar-refractivity contribution in [2.75, 3.05) is 13.1 Å². The largest absolute Gasteiger partial charge is 0.336 e. The summed E-state index contributed by atoms with van der Waals surface area (Å²) in [7, 11) is -3.81. The fraction of sp³-hybridized carbons (Fsp3) is 0.833. The fourth-order valence-corrected chi connectivity index (χ4v) is 2.06. The summed E-state index contributed by atoms with van der Waals surface area (Å²) in [5.41, 5.74) is 0. The number of carbonyl (C=O) groups is 1. The molecule has 0 aromatic carbocycles. The quantitative estimate of drug-likeness (QED) is 0.682. The molecule has 1 heterocycles. The van der Waals surface area contributed by atoms with Gasteiger partial charge in [0.25, 0.3) is 6.43 Å². The van der Waals surface area contributed by atoms with Gasteiger partial charge < -0.3 is 4.90 Å². The number of likely N-dealkylation sites (tertiary alicyclic amines) is 1. The summed E-state index contributed by atoms with van der Waals surface area (Å²) in [5, 5.41) is 3.75. The van der Waals surface area contributed by atoms with Crippen molar-refractivity contribution >= 4 is 15.9 Å². The lowest BCUT2D eigenvalue weighted by Crippen LogP contribution is -2.34. The predicted molar refractivity (Wildman–Crippen MR) is 44.1 cm³/mol. The average molecular weight is 228 g/mol. The highest BCUT2D eigenvalue weighted by Crippen LogP contribution is 2.17. The van der Waals surface area contributed by atoms with Crippen LogP contribution in [0.3, 0.4) is 0 Å². The van der Waals surface area contributed by atoms with Crippen LogP contribution >= 0.6 is 0 Å². The van der Waals surface area contributed by atoms with Crippen molar-refractivity contribution in [3.8, 4) is 0 Å². The van der Waals surface area contributed by atoms with E-state index in [9.17, 15) is 22.0 Å². The Morgan fingerprint density at radius 2 is 2.14 bits per heavy atom. The summed E-state index contributed by atoms with van der Waals surface area (Å²) in [6.45, 7) is -0.965. The van der Waals surface area contributed by atoms with E-state index in [1.165, 1.54) is 0 Å². The molecule has 1 aliphatic rings. The number of primary sulfonamides is 1. The van der Waals surface area contributed by atoms with E-state index in [1.54, 1.807) is 0 Å². The van der Waals surface area contributed by atoms with Gasteiger partial charge >= 0.3 is 0 Å². The monoisotopic (exact) mass is 228 g/mol.